The molecule has 308 valence electrons. The van der Waals surface area contributed by atoms with Crippen molar-refractivity contribution in [3.8, 4) is 22.6 Å². The molecule has 1 aliphatic heterocycles. The molecule has 0 atom stereocenters. The van der Waals surface area contributed by atoms with Crippen molar-refractivity contribution in [3.05, 3.63) is 180 Å². The highest BCUT2D eigenvalue weighted by Gasteiger charge is 2.43. The lowest BCUT2D eigenvalue weighted by Crippen LogP contribution is -2.26. The summed E-state index contributed by atoms with van der Waals surface area (Å²) in [6.45, 7) is 6.91. The summed E-state index contributed by atoms with van der Waals surface area (Å²) in [6, 6.07) is 59.8. The lowest BCUT2D eigenvalue weighted by Gasteiger charge is -2.35. The molecule has 1 heterocycles. The van der Waals surface area contributed by atoms with Gasteiger partial charge < -0.3 is 19.4 Å². The number of anilines is 8. The molecule has 2 aliphatic rings. The molecule has 0 amide bonds. The van der Waals surface area contributed by atoms with Gasteiger partial charge in [0.15, 0.2) is 11.5 Å². The number of hydrogen-bond acceptors (Lipinski definition) is 4. The zero-order valence-electron chi connectivity index (χ0n) is 36.4. The summed E-state index contributed by atoms with van der Waals surface area (Å²) in [6.07, 6.45) is 12.5. The Morgan fingerprint density at radius 2 is 0.984 bits per heavy atom. The molecule has 61 heavy (non-hydrogen) atoms. The van der Waals surface area contributed by atoms with Gasteiger partial charge >= 0.3 is 0 Å². The van der Waals surface area contributed by atoms with Crippen LogP contribution in [0.15, 0.2) is 164 Å². The number of benzene rings is 7. The van der Waals surface area contributed by atoms with E-state index in [0.29, 0.717) is 0 Å². The van der Waals surface area contributed by atoms with Gasteiger partial charge in [-0.25, -0.2) is 0 Å². The Morgan fingerprint density at radius 3 is 1.61 bits per heavy atom. The highest BCUT2D eigenvalue weighted by Crippen LogP contribution is 2.57. The fourth-order valence-electron chi connectivity index (χ4n) is 9.92. The van der Waals surface area contributed by atoms with Crippen LogP contribution in [0.25, 0.3) is 11.1 Å². The van der Waals surface area contributed by atoms with E-state index in [2.05, 4.69) is 206 Å². The minimum Gasteiger partial charge on any atom is -0.453 e. The van der Waals surface area contributed by atoms with E-state index in [1.807, 2.05) is 0 Å². The maximum absolute atomic E-state index is 7.01. The molecule has 0 aromatic heterocycles. The molecule has 0 N–H and O–H groups in total. The maximum atomic E-state index is 7.01. The summed E-state index contributed by atoms with van der Waals surface area (Å²) in [4.78, 5) is 6.97. The number of aryl methyl sites for hydroxylation is 1. The quantitative estimate of drug-likeness (QED) is 0.0906. The highest BCUT2D eigenvalue weighted by molar-refractivity contribution is 5.91. The second kappa shape index (κ2) is 17.8. The third-order valence-corrected chi connectivity index (χ3v) is 13.1. The molecule has 0 fully saturated rings. The predicted molar refractivity (Wildman–Crippen MR) is 259 cm³/mol. The molecular formula is C57H59N3O. The normalized spacial score (nSPS) is 13.1. The van der Waals surface area contributed by atoms with Gasteiger partial charge in [-0.3, -0.25) is 0 Å². The molecule has 0 saturated carbocycles. The van der Waals surface area contributed by atoms with Gasteiger partial charge in [-0.1, -0.05) is 150 Å². The topological polar surface area (TPSA) is 19.0 Å². The molecule has 0 radical (unpaired) electrons. The van der Waals surface area contributed by atoms with Crippen molar-refractivity contribution in [1.29, 1.82) is 0 Å². The number of nitrogens with zero attached hydrogens (tertiary/aromatic N) is 3. The van der Waals surface area contributed by atoms with Crippen LogP contribution in [-0.2, 0) is 5.41 Å². The molecular weight excluding hydrogens is 743 g/mol. The molecule has 1 aliphatic carbocycles. The van der Waals surface area contributed by atoms with Crippen molar-refractivity contribution in [2.24, 2.45) is 0 Å². The van der Waals surface area contributed by atoms with Crippen LogP contribution in [0.5, 0.6) is 11.5 Å². The van der Waals surface area contributed by atoms with Crippen molar-refractivity contribution >= 4 is 45.5 Å². The zero-order valence-corrected chi connectivity index (χ0v) is 36.4. The Labute approximate surface area is 364 Å². The summed E-state index contributed by atoms with van der Waals surface area (Å²) in [5.74, 6) is 1.64. The summed E-state index contributed by atoms with van der Waals surface area (Å²) < 4.78 is 7.01. The zero-order chi connectivity index (χ0) is 41.8. The van der Waals surface area contributed by atoms with Crippen LogP contribution >= 0.6 is 0 Å². The lowest BCUT2D eigenvalue weighted by atomic mass is 9.70. The number of unbranched alkanes of at least 4 members (excludes halogenated alkanes) is 6. The Hall–Kier alpha value is -6.26. The fourth-order valence-corrected chi connectivity index (χ4v) is 9.92. The lowest BCUT2D eigenvalue weighted by molar-refractivity contribution is 0.401. The van der Waals surface area contributed by atoms with E-state index in [1.54, 1.807) is 0 Å². The summed E-state index contributed by atoms with van der Waals surface area (Å²) in [5, 5.41) is 0. The van der Waals surface area contributed by atoms with Gasteiger partial charge in [0.2, 0.25) is 0 Å². The molecule has 0 bridgehead atoms. The Bertz CT molecular complexity index is 2570. The Morgan fingerprint density at radius 1 is 0.475 bits per heavy atom. The smallest absolute Gasteiger partial charge is 0.153 e. The first-order chi connectivity index (χ1) is 30.0. The molecule has 0 unspecified atom stereocenters. The molecule has 0 saturated heterocycles. The van der Waals surface area contributed by atoms with E-state index >= 15 is 0 Å². The summed E-state index contributed by atoms with van der Waals surface area (Å²) in [7, 11) is 2.11. The molecule has 0 spiro atoms. The molecule has 4 nitrogen and oxygen atoms in total. The first-order valence-electron chi connectivity index (χ1n) is 22.7. The van der Waals surface area contributed by atoms with Gasteiger partial charge in [0.05, 0.1) is 11.4 Å². The second-order valence-electron chi connectivity index (χ2n) is 17.1. The minimum absolute atomic E-state index is 0.0139. The van der Waals surface area contributed by atoms with E-state index in [4.69, 9.17) is 4.74 Å². The van der Waals surface area contributed by atoms with E-state index in [9.17, 15) is 0 Å². The molecule has 4 heteroatoms. The van der Waals surface area contributed by atoms with E-state index in [0.717, 1.165) is 51.3 Å². The third-order valence-electron chi connectivity index (χ3n) is 13.1. The van der Waals surface area contributed by atoms with Crippen LogP contribution in [0.4, 0.5) is 45.5 Å². The predicted octanol–water partition coefficient (Wildman–Crippen LogP) is 17.0. The van der Waals surface area contributed by atoms with Gasteiger partial charge in [0, 0.05) is 58.7 Å². The average molecular weight is 802 g/mol. The van der Waals surface area contributed by atoms with Crippen molar-refractivity contribution in [1.82, 2.24) is 0 Å². The number of ether oxygens (including phenoxy) is 1. The Balaban J connectivity index is 1.17. The van der Waals surface area contributed by atoms with Gasteiger partial charge in [0.1, 0.15) is 0 Å². The van der Waals surface area contributed by atoms with Crippen LogP contribution in [0, 0.1) is 6.92 Å². The van der Waals surface area contributed by atoms with Crippen LogP contribution in [0.2, 0.25) is 0 Å². The van der Waals surface area contributed by atoms with Crippen LogP contribution in [-0.4, -0.2) is 7.05 Å². The monoisotopic (exact) mass is 801 g/mol. The van der Waals surface area contributed by atoms with Gasteiger partial charge in [-0.15, -0.1) is 0 Å². The van der Waals surface area contributed by atoms with Crippen LogP contribution in [0.3, 0.4) is 0 Å². The standard InChI is InChI=1S/C57H59N3O/c1-5-7-9-20-36-57(37-21-10-8-6-2)51-38-42(3)28-32-49(51)50-33-29-47(39-52(50)57)59(44-24-16-12-17-25-44)48-31-35-54-56(41-48)61-55-40-46(58(4)43-22-14-11-15-23-43)30-34-53(55)60(54)45-26-18-13-19-27-45/h11-19,22-35,38-41H,5-10,20-21,36-37H2,1-4H3. The number of para-hydroxylation sites is 3. The first-order valence-corrected chi connectivity index (χ1v) is 22.7. The van der Waals surface area contributed by atoms with E-state index in [1.165, 1.54) is 97.7 Å². The Kier molecular flexibility index (Phi) is 11.7. The number of fused-ring (bicyclic) bond motifs is 5. The fraction of sp³-hybridized carbons (Fsp3) is 0.263. The van der Waals surface area contributed by atoms with Crippen LogP contribution < -0.4 is 19.4 Å². The SMILES string of the molecule is CCCCCCC1(CCCCCC)c2cc(C)ccc2-c2ccc(N(c3ccccc3)c3ccc4c(c3)Oc3cc(N(C)c5ccccc5)ccc3N4c3ccccc3)cc21. The minimum atomic E-state index is -0.0139. The van der Waals surface area contributed by atoms with Crippen molar-refractivity contribution in [2.75, 3.05) is 21.7 Å². The maximum Gasteiger partial charge on any atom is 0.153 e. The van der Waals surface area contributed by atoms with E-state index < -0.39 is 0 Å². The van der Waals surface area contributed by atoms with Gasteiger partial charge in [0.25, 0.3) is 0 Å². The van der Waals surface area contributed by atoms with Gasteiger partial charge in [-0.05, 0) is 115 Å². The number of hydrogen-bond donors (Lipinski definition) is 0. The summed E-state index contributed by atoms with van der Waals surface area (Å²) >= 11 is 0. The first kappa shape index (κ1) is 40.2. The van der Waals surface area contributed by atoms with Crippen molar-refractivity contribution in [3.63, 3.8) is 0 Å². The third kappa shape index (κ3) is 7.81. The van der Waals surface area contributed by atoms with E-state index in [-0.39, 0.29) is 5.41 Å². The summed E-state index contributed by atoms with van der Waals surface area (Å²) in [5.41, 5.74) is 15.8. The molecule has 7 aromatic rings. The van der Waals surface area contributed by atoms with Crippen molar-refractivity contribution < 1.29 is 4.74 Å². The number of rotatable bonds is 16. The molecule has 9 rings (SSSR count). The van der Waals surface area contributed by atoms with Crippen LogP contribution in [0.1, 0.15) is 94.7 Å². The molecule has 7 aromatic carbocycles. The van der Waals surface area contributed by atoms with Gasteiger partial charge in [-0.2, -0.15) is 0 Å². The van der Waals surface area contributed by atoms with Crippen molar-refractivity contribution in [2.45, 2.75) is 90.4 Å². The second-order valence-corrected chi connectivity index (χ2v) is 17.1. The largest absolute Gasteiger partial charge is 0.453 e. The highest BCUT2D eigenvalue weighted by atomic mass is 16.5. The average Bonchev–Trinajstić information content (AvgIpc) is 3.56.